The smallest absolute Gasteiger partial charge is 0.255 e. The molecular weight excluding hydrogens is 264 g/mol. The van der Waals surface area contributed by atoms with Crippen LogP contribution in [0, 0.1) is 18.3 Å². The Bertz CT molecular complexity index is 704. The van der Waals surface area contributed by atoms with E-state index in [1.54, 1.807) is 36.4 Å². The third-order valence-corrected chi connectivity index (χ3v) is 2.87. The first-order valence-electron chi connectivity index (χ1n) is 6.67. The summed E-state index contributed by atoms with van der Waals surface area (Å²) in [6.07, 6.45) is 0. The lowest BCUT2D eigenvalue weighted by Crippen LogP contribution is -2.14. The van der Waals surface area contributed by atoms with Crippen molar-refractivity contribution in [2.75, 3.05) is 17.2 Å². The van der Waals surface area contributed by atoms with E-state index in [1.807, 2.05) is 13.8 Å². The summed E-state index contributed by atoms with van der Waals surface area (Å²) >= 11 is 0. The molecule has 2 aromatic rings. The normalized spacial score (nSPS) is 9.76. The second-order valence-electron chi connectivity index (χ2n) is 4.52. The van der Waals surface area contributed by atoms with Crippen LogP contribution in [0.4, 0.5) is 11.5 Å². The molecule has 0 aliphatic rings. The van der Waals surface area contributed by atoms with Gasteiger partial charge < -0.3 is 10.6 Å². The van der Waals surface area contributed by atoms with Crippen molar-refractivity contribution in [2.24, 2.45) is 0 Å². The molecule has 0 fully saturated rings. The molecule has 1 heterocycles. The number of hydrogen-bond donors (Lipinski definition) is 2. The van der Waals surface area contributed by atoms with Crippen LogP contribution in [0.2, 0.25) is 0 Å². The Balaban J connectivity index is 2.26. The van der Waals surface area contributed by atoms with Crippen molar-refractivity contribution in [1.82, 2.24) is 4.98 Å². The lowest BCUT2D eigenvalue weighted by Gasteiger charge is -2.09. The Hall–Kier alpha value is -2.87. The second kappa shape index (κ2) is 6.53. The molecule has 5 heteroatoms. The maximum atomic E-state index is 12.3. The highest BCUT2D eigenvalue weighted by Crippen LogP contribution is 2.16. The number of amides is 1. The monoisotopic (exact) mass is 280 g/mol. The highest BCUT2D eigenvalue weighted by atomic mass is 16.1. The summed E-state index contributed by atoms with van der Waals surface area (Å²) in [6, 6.07) is 12.4. The molecule has 106 valence electrons. The summed E-state index contributed by atoms with van der Waals surface area (Å²) in [5.41, 5.74) is 2.20. The largest absolute Gasteiger partial charge is 0.370 e. The number of para-hydroxylation sites is 1. The van der Waals surface area contributed by atoms with Crippen LogP contribution in [-0.4, -0.2) is 17.4 Å². The summed E-state index contributed by atoms with van der Waals surface area (Å²) in [4.78, 5) is 16.6. The average Bonchev–Trinajstić information content (AvgIpc) is 2.47. The second-order valence-corrected chi connectivity index (χ2v) is 4.52. The quantitative estimate of drug-likeness (QED) is 0.902. The fourth-order valence-electron chi connectivity index (χ4n) is 1.96. The first-order chi connectivity index (χ1) is 10.1. The van der Waals surface area contributed by atoms with Crippen molar-refractivity contribution in [3.63, 3.8) is 0 Å². The summed E-state index contributed by atoms with van der Waals surface area (Å²) < 4.78 is 0. The zero-order chi connectivity index (χ0) is 15.2. The molecule has 1 aromatic heterocycles. The SMILES string of the molecule is CCNc1cc(C(=O)Nc2ccccc2C#N)cc(C)n1. The molecule has 0 aliphatic carbocycles. The summed E-state index contributed by atoms with van der Waals surface area (Å²) in [7, 11) is 0. The van der Waals surface area contributed by atoms with E-state index in [-0.39, 0.29) is 5.91 Å². The van der Waals surface area contributed by atoms with Crippen LogP contribution in [0.1, 0.15) is 28.5 Å². The summed E-state index contributed by atoms with van der Waals surface area (Å²) in [6.45, 7) is 4.53. The third kappa shape index (κ3) is 3.57. The molecule has 2 N–H and O–H groups in total. The number of benzene rings is 1. The van der Waals surface area contributed by atoms with Gasteiger partial charge in [-0.3, -0.25) is 4.79 Å². The zero-order valence-corrected chi connectivity index (χ0v) is 12.0. The van der Waals surface area contributed by atoms with Gasteiger partial charge in [-0.05, 0) is 38.1 Å². The first-order valence-corrected chi connectivity index (χ1v) is 6.67. The number of carbonyl (C=O) groups is 1. The fourth-order valence-corrected chi connectivity index (χ4v) is 1.96. The van der Waals surface area contributed by atoms with E-state index in [0.717, 1.165) is 12.2 Å². The molecule has 0 saturated heterocycles. The maximum Gasteiger partial charge on any atom is 0.255 e. The molecule has 0 bridgehead atoms. The van der Waals surface area contributed by atoms with Crippen LogP contribution >= 0.6 is 0 Å². The predicted octanol–water partition coefficient (Wildman–Crippen LogP) is 2.95. The van der Waals surface area contributed by atoms with Crippen molar-refractivity contribution in [2.45, 2.75) is 13.8 Å². The van der Waals surface area contributed by atoms with Gasteiger partial charge in [0.15, 0.2) is 0 Å². The number of nitrogens with one attached hydrogen (secondary N) is 2. The molecule has 21 heavy (non-hydrogen) atoms. The Morgan fingerprint density at radius 1 is 1.33 bits per heavy atom. The van der Waals surface area contributed by atoms with Crippen molar-refractivity contribution < 1.29 is 4.79 Å². The fraction of sp³-hybridized carbons (Fsp3) is 0.188. The first kappa shape index (κ1) is 14.5. The zero-order valence-electron chi connectivity index (χ0n) is 12.0. The maximum absolute atomic E-state index is 12.3. The van der Waals surface area contributed by atoms with Gasteiger partial charge in [-0.15, -0.1) is 0 Å². The van der Waals surface area contributed by atoms with Crippen LogP contribution in [0.3, 0.4) is 0 Å². The number of nitriles is 1. The molecule has 5 nitrogen and oxygen atoms in total. The molecule has 0 saturated carbocycles. The molecule has 0 spiro atoms. The van der Waals surface area contributed by atoms with Gasteiger partial charge in [0.05, 0.1) is 11.3 Å². The number of aryl methyl sites for hydroxylation is 1. The number of pyridine rings is 1. The van der Waals surface area contributed by atoms with Crippen molar-refractivity contribution in [3.05, 3.63) is 53.2 Å². The summed E-state index contributed by atoms with van der Waals surface area (Å²) in [5.74, 6) is 0.401. The van der Waals surface area contributed by atoms with Gasteiger partial charge in [0, 0.05) is 17.8 Å². The van der Waals surface area contributed by atoms with E-state index < -0.39 is 0 Å². The van der Waals surface area contributed by atoms with Crippen molar-refractivity contribution in [1.29, 1.82) is 5.26 Å². The minimum Gasteiger partial charge on any atom is -0.370 e. The number of anilines is 2. The Labute approximate surface area is 123 Å². The number of hydrogen-bond acceptors (Lipinski definition) is 4. The third-order valence-electron chi connectivity index (χ3n) is 2.87. The van der Waals surface area contributed by atoms with E-state index in [9.17, 15) is 4.79 Å². The number of carbonyl (C=O) groups excluding carboxylic acids is 1. The molecule has 1 aromatic carbocycles. The van der Waals surface area contributed by atoms with Gasteiger partial charge in [-0.1, -0.05) is 12.1 Å². The Morgan fingerprint density at radius 2 is 2.10 bits per heavy atom. The summed E-state index contributed by atoms with van der Waals surface area (Å²) in [5, 5.41) is 14.9. The van der Waals surface area contributed by atoms with Gasteiger partial charge in [0.2, 0.25) is 0 Å². The molecule has 0 radical (unpaired) electrons. The standard InChI is InChI=1S/C16H16N4O/c1-3-18-15-9-13(8-11(2)19-15)16(21)20-14-7-5-4-6-12(14)10-17/h4-9H,3H2,1-2H3,(H,18,19)(H,20,21). The molecule has 0 atom stereocenters. The minimum absolute atomic E-state index is 0.262. The van der Waals surface area contributed by atoms with E-state index in [4.69, 9.17) is 5.26 Å². The van der Waals surface area contributed by atoms with E-state index in [0.29, 0.717) is 22.6 Å². The lowest BCUT2D eigenvalue weighted by atomic mass is 10.1. The number of aromatic nitrogens is 1. The van der Waals surface area contributed by atoms with Crippen LogP contribution in [0.5, 0.6) is 0 Å². The average molecular weight is 280 g/mol. The van der Waals surface area contributed by atoms with Crippen molar-refractivity contribution in [3.8, 4) is 6.07 Å². The van der Waals surface area contributed by atoms with Gasteiger partial charge in [0.25, 0.3) is 5.91 Å². The molecule has 0 aliphatic heterocycles. The molecular formula is C16H16N4O. The molecule has 1 amide bonds. The van der Waals surface area contributed by atoms with E-state index >= 15 is 0 Å². The van der Waals surface area contributed by atoms with Crippen LogP contribution in [0.25, 0.3) is 0 Å². The highest BCUT2D eigenvalue weighted by molar-refractivity contribution is 6.05. The molecule has 0 unspecified atom stereocenters. The van der Waals surface area contributed by atoms with Gasteiger partial charge in [0.1, 0.15) is 11.9 Å². The predicted molar refractivity (Wildman–Crippen MR) is 82.2 cm³/mol. The topological polar surface area (TPSA) is 77.8 Å². The van der Waals surface area contributed by atoms with Crippen molar-refractivity contribution >= 4 is 17.4 Å². The van der Waals surface area contributed by atoms with Crippen LogP contribution in [0.15, 0.2) is 36.4 Å². The Kier molecular flexibility index (Phi) is 4.52. The van der Waals surface area contributed by atoms with Gasteiger partial charge >= 0.3 is 0 Å². The van der Waals surface area contributed by atoms with Gasteiger partial charge in [-0.2, -0.15) is 5.26 Å². The number of nitrogens with zero attached hydrogens (tertiary/aromatic N) is 2. The van der Waals surface area contributed by atoms with E-state index in [1.165, 1.54) is 0 Å². The van der Waals surface area contributed by atoms with Crippen LogP contribution in [-0.2, 0) is 0 Å². The highest BCUT2D eigenvalue weighted by Gasteiger charge is 2.10. The lowest BCUT2D eigenvalue weighted by molar-refractivity contribution is 0.102. The Morgan fingerprint density at radius 3 is 2.81 bits per heavy atom. The van der Waals surface area contributed by atoms with Crippen LogP contribution < -0.4 is 10.6 Å². The van der Waals surface area contributed by atoms with E-state index in [2.05, 4.69) is 21.7 Å². The molecule has 2 rings (SSSR count). The minimum atomic E-state index is -0.262. The number of rotatable bonds is 4. The van der Waals surface area contributed by atoms with Gasteiger partial charge in [-0.25, -0.2) is 4.98 Å².